The van der Waals surface area contributed by atoms with E-state index in [1.807, 2.05) is 0 Å². The largest absolute Gasteiger partial charge is 0.493 e. The van der Waals surface area contributed by atoms with Crippen LogP contribution in [0.15, 0.2) is 18.2 Å². The number of ether oxygens (including phenoxy) is 1. The van der Waals surface area contributed by atoms with Crippen molar-refractivity contribution in [2.24, 2.45) is 17.8 Å². The van der Waals surface area contributed by atoms with Gasteiger partial charge in [-0.25, -0.2) is 0 Å². The van der Waals surface area contributed by atoms with E-state index >= 15 is 0 Å². The van der Waals surface area contributed by atoms with Crippen LogP contribution in [0, 0.1) is 31.6 Å². The van der Waals surface area contributed by atoms with Crippen molar-refractivity contribution in [1.29, 1.82) is 0 Å². The fourth-order valence-corrected chi connectivity index (χ4v) is 2.84. The summed E-state index contributed by atoms with van der Waals surface area (Å²) in [5.74, 6) is 3.66. The number of hydrogen-bond donors (Lipinski definition) is 1. The zero-order valence-electron chi connectivity index (χ0n) is 9.99. The predicted molar refractivity (Wildman–Crippen MR) is 64.8 cm³/mol. The molecule has 1 saturated carbocycles. The molecule has 0 bridgehead atoms. The maximum atomic E-state index is 5.95. The molecule has 2 atom stereocenters. The Morgan fingerprint density at radius 2 is 2.00 bits per heavy atom. The molecule has 1 saturated heterocycles. The van der Waals surface area contributed by atoms with Crippen LogP contribution in [0.3, 0.4) is 0 Å². The van der Waals surface area contributed by atoms with Crippen LogP contribution in [0.1, 0.15) is 11.1 Å². The topological polar surface area (TPSA) is 21.3 Å². The van der Waals surface area contributed by atoms with Crippen molar-refractivity contribution in [3.63, 3.8) is 0 Å². The van der Waals surface area contributed by atoms with Gasteiger partial charge in [-0.2, -0.15) is 0 Å². The molecule has 0 aromatic heterocycles. The standard InChI is InChI=1S/C14H19NO/c1-9-3-4-10(2)14(5-9)16-8-13-11-6-15-7-12(11)13/h3-5,11-13,15H,6-8H2,1-2H3. The van der Waals surface area contributed by atoms with Crippen LogP contribution in [0.5, 0.6) is 5.75 Å². The fraction of sp³-hybridized carbons (Fsp3) is 0.571. The molecular weight excluding hydrogens is 198 g/mol. The Kier molecular flexibility index (Phi) is 2.40. The normalized spacial score (nSPS) is 31.2. The lowest BCUT2D eigenvalue weighted by molar-refractivity contribution is 0.279. The third kappa shape index (κ3) is 1.71. The Hall–Kier alpha value is -1.02. The van der Waals surface area contributed by atoms with E-state index < -0.39 is 0 Å². The van der Waals surface area contributed by atoms with Gasteiger partial charge in [0.05, 0.1) is 6.61 Å². The Morgan fingerprint density at radius 1 is 1.25 bits per heavy atom. The summed E-state index contributed by atoms with van der Waals surface area (Å²) in [6, 6.07) is 6.42. The van der Waals surface area contributed by atoms with Crippen LogP contribution in [0.4, 0.5) is 0 Å². The van der Waals surface area contributed by atoms with Crippen molar-refractivity contribution < 1.29 is 4.74 Å². The average Bonchev–Trinajstić information content (AvgIpc) is 2.72. The van der Waals surface area contributed by atoms with E-state index in [1.165, 1.54) is 24.2 Å². The molecule has 0 radical (unpaired) electrons. The van der Waals surface area contributed by atoms with E-state index in [9.17, 15) is 0 Å². The molecule has 86 valence electrons. The van der Waals surface area contributed by atoms with Gasteiger partial charge in [0.15, 0.2) is 0 Å². The minimum atomic E-state index is 0.807. The molecule has 0 amide bonds. The molecular formula is C14H19NO. The van der Waals surface area contributed by atoms with Gasteiger partial charge in [0.2, 0.25) is 0 Å². The highest BCUT2D eigenvalue weighted by atomic mass is 16.5. The molecule has 1 aromatic rings. The summed E-state index contributed by atoms with van der Waals surface area (Å²) in [6.07, 6.45) is 0. The first-order chi connectivity index (χ1) is 7.75. The second-order valence-corrected chi connectivity index (χ2v) is 5.23. The molecule has 3 rings (SSSR count). The average molecular weight is 217 g/mol. The van der Waals surface area contributed by atoms with Crippen LogP contribution in [-0.2, 0) is 0 Å². The summed E-state index contributed by atoms with van der Waals surface area (Å²) < 4.78 is 5.95. The fourth-order valence-electron chi connectivity index (χ4n) is 2.84. The summed E-state index contributed by atoms with van der Waals surface area (Å²) >= 11 is 0. The minimum absolute atomic E-state index is 0.807. The molecule has 2 nitrogen and oxygen atoms in total. The number of piperidine rings is 1. The van der Waals surface area contributed by atoms with Crippen LogP contribution in [0.2, 0.25) is 0 Å². The Morgan fingerprint density at radius 3 is 2.75 bits per heavy atom. The van der Waals surface area contributed by atoms with Gasteiger partial charge in [-0.05, 0) is 56.0 Å². The molecule has 1 N–H and O–H groups in total. The highest BCUT2D eigenvalue weighted by Gasteiger charge is 2.52. The first-order valence-corrected chi connectivity index (χ1v) is 6.16. The number of aryl methyl sites for hydroxylation is 2. The number of hydrogen-bond acceptors (Lipinski definition) is 2. The Labute approximate surface area is 97.0 Å². The lowest BCUT2D eigenvalue weighted by Crippen LogP contribution is -2.17. The number of rotatable bonds is 3. The Balaban J connectivity index is 1.60. The van der Waals surface area contributed by atoms with Gasteiger partial charge in [0.1, 0.15) is 5.75 Å². The van der Waals surface area contributed by atoms with Crippen molar-refractivity contribution in [2.45, 2.75) is 13.8 Å². The quantitative estimate of drug-likeness (QED) is 0.837. The second-order valence-electron chi connectivity index (χ2n) is 5.23. The molecule has 2 aliphatic rings. The summed E-state index contributed by atoms with van der Waals surface area (Å²) in [5, 5.41) is 3.41. The van der Waals surface area contributed by atoms with Gasteiger partial charge in [0, 0.05) is 5.92 Å². The van der Waals surface area contributed by atoms with E-state index in [0.717, 1.165) is 30.1 Å². The van der Waals surface area contributed by atoms with Crippen LogP contribution in [0.25, 0.3) is 0 Å². The number of nitrogens with one attached hydrogen (secondary N) is 1. The molecule has 2 fully saturated rings. The van der Waals surface area contributed by atoms with Crippen LogP contribution < -0.4 is 10.1 Å². The highest BCUT2D eigenvalue weighted by molar-refractivity contribution is 5.36. The lowest BCUT2D eigenvalue weighted by Gasteiger charge is -2.11. The van der Waals surface area contributed by atoms with Gasteiger partial charge < -0.3 is 10.1 Å². The smallest absolute Gasteiger partial charge is 0.122 e. The first-order valence-electron chi connectivity index (χ1n) is 6.16. The maximum Gasteiger partial charge on any atom is 0.122 e. The molecule has 1 aliphatic carbocycles. The van der Waals surface area contributed by atoms with E-state index in [4.69, 9.17) is 4.74 Å². The van der Waals surface area contributed by atoms with Crippen LogP contribution >= 0.6 is 0 Å². The summed E-state index contributed by atoms with van der Waals surface area (Å²) in [5.41, 5.74) is 2.52. The van der Waals surface area contributed by atoms with Gasteiger partial charge >= 0.3 is 0 Å². The van der Waals surface area contributed by atoms with E-state index in [0.29, 0.717) is 0 Å². The van der Waals surface area contributed by atoms with E-state index in [1.54, 1.807) is 0 Å². The molecule has 1 aromatic carbocycles. The molecule has 1 aliphatic heterocycles. The summed E-state index contributed by atoms with van der Waals surface area (Å²) in [6.45, 7) is 7.53. The maximum absolute atomic E-state index is 5.95. The van der Waals surface area contributed by atoms with Gasteiger partial charge in [-0.15, -0.1) is 0 Å². The Bertz CT molecular complexity index is 392. The van der Waals surface area contributed by atoms with Crippen LogP contribution in [-0.4, -0.2) is 19.7 Å². The van der Waals surface area contributed by atoms with Gasteiger partial charge in [-0.1, -0.05) is 12.1 Å². The monoisotopic (exact) mass is 217 g/mol. The van der Waals surface area contributed by atoms with Crippen molar-refractivity contribution in [3.8, 4) is 5.75 Å². The zero-order chi connectivity index (χ0) is 11.1. The number of fused-ring (bicyclic) bond motifs is 1. The molecule has 16 heavy (non-hydrogen) atoms. The third-order valence-electron chi connectivity index (χ3n) is 4.04. The van der Waals surface area contributed by atoms with Gasteiger partial charge in [0.25, 0.3) is 0 Å². The SMILES string of the molecule is Cc1ccc(C)c(OCC2C3CNCC32)c1. The third-order valence-corrected chi connectivity index (χ3v) is 4.04. The van der Waals surface area contributed by atoms with E-state index in [2.05, 4.69) is 37.4 Å². The zero-order valence-corrected chi connectivity index (χ0v) is 9.99. The lowest BCUT2D eigenvalue weighted by atomic mass is 10.1. The highest BCUT2D eigenvalue weighted by Crippen LogP contribution is 2.48. The van der Waals surface area contributed by atoms with Crippen molar-refractivity contribution in [3.05, 3.63) is 29.3 Å². The first kappa shape index (κ1) is 10.2. The van der Waals surface area contributed by atoms with E-state index in [-0.39, 0.29) is 0 Å². The molecule has 2 unspecified atom stereocenters. The van der Waals surface area contributed by atoms with Crippen molar-refractivity contribution >= 4 is 0 Å². The van der Waals surface area contributed by atoms with Gasteiger partial charge in [-0.3, -0.25) is 0 Å². The van der Waals surface area contributed by atoms with Crippen molar-refractivity contribution in [2.75, 3.05) is 19.7 Å². The molecule has 0 spiro atoms. The summed E-state index contributed by atoms with van der Waals surface area (Å²) in [4.78, 5) is 0. The van der Waals surface area contributed by atoms with Crippen molar-refractivity contribution in [1.82, 2.24) is 5.32 Å². The predicted octanol–water partition coefficient (Wildman–Crippen LogP) is 2.15. The second kappa shape index (κ2) is 3.77. The molecule has 1 heterocycles. The minimum Gasteiger partial charge on any atom is -0.493 e. The number of benzene rings is 1. The molecule has 2 heteroatoms. The summed E-state index contributed by atoms with van der Waals surface area (Å²) in [7, 11) is 0.